The Bertz CT molecular complexity index is 1280. The summed E-state index contributed by atoms with van der Waals surface area (Å²) in [5.74, 6) is -2.53. The number of rotatable bonds is 18. The first kappa shape index (κ1) is 39.3. The first-order chi connectivity index (χ1) is 22.5. The zero-order valence-electron chi connectivity index (χ0n) is 28.5. The Morgan fingerprint density at radius 2 is 1.74 bits per heavy atom. The summed E-state index contributed by atoms with van der Waals surface area (Å²) in [6.07, 6.45) is 19.5. The lowest BCUT2D eigenvalue weighted by molar-refractivity contribution is -0.156. The smallest absolute Gasteiger partial charge is 0.328 e. The van der Waals surface area contributed by atoms with E-state index in [1.54, 1.807) is 26.8 Å². The molecule has 1 saturated carbocycles. The minimum absolute atomic E-state index is 0.0549. The third kappa shape index (κ3) is 13.8. The minimum atomic E-state index is -0.972. The van der Waals surface area contributed by atoms with E-state index in [2.05, 4.69) is 10.6 Å². The van der Waals surface area contributed by atoms with E-state index in [1.165, 1.54) is 13.2 Å². The van der Waals surface area contributed by atoms with E-state index in [-0.39, 0.29) is 42.5 Å². The van der Waals surface area contributed by atoms with Gasteiger partial charge in [0.05, 0.1) is 24.8 Å². The number of aliphatic hydroxyl groups is 1. The van der Waals surface area contributed by atoms with Crippen molar-refractivity contribution in [3.05, 3.63) is 71.5 Å². The third-order valence-electron chi connectivity index (χ3n) is 8.36. The van der Waals surface area contributed by atoms with E-state index in [9.17, 15) is 29.1 Å². The van der Waals surface area contributed by atoms with E-state index < -0.39 is 47.6 Å². The van der Waals surface area contributed by atoms with Gasteiger partial charge in [-0.2, -0.15) is 0 Å². The topological polar surface area (TPSA) is 148 Å². The summed E-state index contributed by atoms with van der Waals surface area (Å²) >= 11 is 0. The van der Waals surface area contributed by atoms with Crippen molar-refractivity contribution in [1.29, 1.82) is 0 Å². The maximum atomic E-state index is 13.1. The van der Waals surface area contributed by atoms with E-state index in [1.807, 2.05) is 43.4 Å². The number of esters is 1. The van der Waals surface area contributed by atoms with Crippen molar-refractivity contribution in [3.8, 4) is 0 Å². The average molecular weight is 653 g/mol. The fraction of sp³-hybridized carbons (Fsp3) is 0.541. The lowest BCUT2D eigenvalue weighted by Gasteiger charge is -2.29. The highest BCUT2D eigenvalue weighted by atomic mass is 16.5. The van der Waals surface area contributed by atoms with Crippen LogP contribution in [0.5, 0.6) is 0 Å². The predicted molar refractivity (Wildman–Crippen MR) is 181 cm³/mol. The molecule has 0 aliphatic heterocycles. The summed E-state index contributed by atoms with van der Waals surface area (Å²) in [5, 5.41) is 16.6. The second kappa shape index (κ2) is 21.1. The minimum Gasteiger partial charge on any atom is -0.460 e. The highest BCUT2D eigenvalue weighted by Gasteiger charge is 2.31. The standard InChI is InChI=1S/C37H52N2O8/c1-6-7-8-9-10-14-20-32(47-37(45)27(4)38-36(44)28-17-12-11-13-18-28)26(3)34(42)25(2)16-15-19-29-23-30(40)24-31(35(29)43)39-33(41)21-22-46-5/h6-10,14,16,23-24,26-28,32,34,42H,11-13,15,17-22H2,1-5H3,(H,38,44)(H,39,41)/b7-6+,9-8+,14-10+,25-16-. The van der Waals surface area contributed by atoms with Crippen molar-refractivity contribution in [3.63, 3.8) is 0 Å². The molecule has 0 bridgehead atoms. The maximum absolute atomic E-state index is 13.1. The maximum Gasteiger partial charge on any atom is 0.328 e. The van der Waals surface area contributed by atoms with Gasteiger partial charge in [-0.3, -0.25) is 19.2 Å². The number of amides is 2. The molecule has 10 nitrogen and oxygen atoms in total. The SMILES string of the molecule is C/C=C/C=C/C=C/CC(OC(=O)C(C)NC(=O)C1CCCCC1)C(C)C(O)/C(C)=C\CCC1=CC(=O)C=C(NC(=O)CCOC)C1=O. The van der Waals surface area contributed by atoms with Crippen LogP contribution in [-0.4, -0.2) is 66.4 Å². The van der Waals surface area contributed by atoms with Crippen molar-refractivity contribution < 1.29 is 38.6 Å². The van der Waals surface area contributed by atoms with Crippen molar-refractivity contribution in [2.24, 2.45) is 11.8 Å². The lowest BCUT2D eigenvalue weighted by atomic mass is 9.88. The van der Waals surface area contributed by atoms with Crippen molar-refractivity contribution in [2.45, 2.75) is 104 Å². The molecule has 0 saturated heterocycles. The normalized spacial score (nSPS) is 19.0. The molecular formula is C37H52N2O8. The number of ketones is 2. The van der Waals surface area contributed by atoms with Crippen LogP contribution in [0.2, 0.25) is 0 Å². The summed E-state index contributed by atoms with van der Waals surface area (Å²) in [6, 6.07) is -0.834. The van der Waals surface area contributed by atoms with Gasteiger partial charge in [0.15, 0.2) is 5.78 Å². The number of carbonyl (C=O) groups is 5. The number of ether oxygens (including phenoxy) is 2. The van der Waals surface area contributed by atoms with Crippen LogP contribution in [0.4, 0.5) is 0 Å². The van der Waals surface area contributed by atoms with Crippen LogP contribution < -0.4 is 10.6 Å². The van der Waals surface area contributed by atoms with E-state index >= 15 is 0 Å². The molecule has 2 amide bonds. The molecule has 4 unspecified atom stereocenters. The molecule has 0 radical (unpaired) electrons. The predicted octanol–water partition coefficient (Wildman–Crippen LogP) is 4.90. The quantitative estimate of drug-likeness (QED) is 0.0820. The first-order valence-electron chi connectivity index (χ1n) is 16.6. The molecule has 0 aromatic rings. The molecule has 0 spiro atoms. The summed E-state index contributed by atoms with van der Waals surface area (Å²) in [6.45, 7) is 7.27. The number of Topliss-reactive ketones (excluding diaryl/α,β-unsaturated/α-hetero) is 1. The van der Waals surface area contributed by atoms with Crippen LogP contribution in [0.3, 0.4) is 0 Å². The molecule has 2 aliphatic rings. The van der Waals surface area contributed by atoms with Gasteiger partial charge < -0.3 is 25.2 Å². The zero-order chi connectivity index (χ0) is 34.8. The molecule has 0 heterocycles. The Morgan fingerprint density at radius 3 is 2.43 bits per heavy atom. The van der Waals surface area contributed by atoms with Gasteiger partial charge in [-0.15, -0.1) is 0 Å². The van der Waals surface area contributed by atoms with Gasteiger partial charge in [0, 0.05) is 37.0 Å². The Hall–Kier alpha value is -3.89. The second-order valence-electron chi connectivity index (χ2n) is 12.2. The van der Waals surface area contributed by atoms with Crippen LogP contribution in [-0.2, 0) is 33.4 Å². The van der Waals surface area contributed by atoms with Gasteiger partial charge in [0.25, 0.3) is 0 Å². The number of aliphatic hydroxyl groups excluding tert-OH is 1. The summed E-state index contributed by atoms with van der Waals surface area (Å²) in [4.78, 5) is 63.0. The second-order valence-corrected chi connectivity index (χ2v) is 12.2. The van der Waals surface area contributed by atoms with Gasteiger partial charge in [-0.25, -0.2) is 4.79 Å². The summed E-state index contributed by atoms with van der Waals surface area (Å²) in [7, 11) is 1.46. The molecule has 0 aromatic carbocycles. The Balaban J connectivity index is 2.06. The van der Waals surface area contributed by atoms with Crippen LogP contribution in [0.25, 0.3) is 0 Å². The Kier molecular flexibility index (Phi) is 17.6. The number of carbonyl (C=O) groups excluding carboxylic acids is 5. The molecule has 10 heteroatoms. The average Bonchev–Trinajstić information content (AvgIpc) is 3.06. The number of methoxy groups -OCH3 is 1. The zero-order valence-corrected chi connectivity index (χ0v) is 28.5. The largest absolute Gasteiger partial charge is 0.460 e. The van der Waals surface area contributed by atoms with E-state index in [4.69, 9.17) is 9.47 Å². The molecule has 4 atom stereocenters. The van der Waals surface area contributed by atoms with Gasteiger partial charge in [0.1, 0.15) is 12.1 Å². The molecule has 2 rings (SSSR count). The van der Waals surface area contributed by atoms with Gasteiger partial charge in [0.2, 0.25) is 17.6 Å². The van der Waals surface area contributed by atoms with Crippen LogP contribution in [0.15, 0.2) is 71.5 Å². The molecule has 3 N–H and O–H groups in total. The molecule has 258 valence electrons. The summed E-state index contributed by atoms with van der Waals surface area (Å²) in [5.41, 5.74) is 0.816. The fourth-order valence-electron chi connectivity index (χ4n) is 5.45. The van der Waals surface area contributed by atoms with E-state index in [0.717, 1.165) is 38.2 Å². The first-order valence-corrected chi connectivity index (χ1v) is 16.6. The number of nitrogens with one attached hydrogen (secondary N) is 2. The Morgan fingerprint density at radius 1 is 1.04 bits per heavy atom. The number of hydrogen-bond donors (Lipinski definition) is 3. The van der Waals surface area contributed by atoms with Crippen LogP contribution in [0.1, 0.15) is 85.5 Å². The monoisotopic (exact) mass is 652 g/mol. The molecular weight excluding hydrogens is 600 g/mol. The molecule has 2 aliphatic carbocycles. The highest BCUT2D eigenvalue weighted by Crippen LogP contribution is 2.25. The number of hydrogen-bond acceptors (Lipinski definition) is 8. The van der Waals surface area contributed by atoms with Crippen molar-refractivity contribution in [2.75, 3.05) is 13.7 Å². The Labute approximate surface area is 279 Å². The van der Waals surface area contributed by atoms with Crippen molar-refractivity contribution >= 4 is 29.4 Å². The van der Waals surface area contributed by atoms with Gasteiger partial charge in [-0.05, 0) is 58.1 Å². The number of allylic oxidation sites excluding steroid dienone is 9. The molecule has 47 heavy (non-hydrogen) atoms. The summed E-state index contributed by atoms with van der Waals surface area (Å²) < 4.78 is 10.8. The molecule has 0 aromatic heterocycles. The van der Waals surface area contributed by atoms with Crippen LogP contribution >= 0.6 is 0 Å². The van der Waals surface area contributed by atoms with Gasteiger partial charge >= 0.3 is 5.97 Å². The molecule has 1 fully saturated rings. The fourth-order valence-corrected chi connectivity index (χ4v) is 5.45. The van der Waals surface area contributed by atoms with Crippen LogP contribution in [0, 0.1) is 11.8 Å². The third-order valence-corrected chi connectivity index (χ3v) is 8.36. The van der Waals surface area contributed by atoms with Gasteiger partial charge in [-0.1, -0.05) is 68.7 Å². The lowest BCUT2D eigenvalue weighted by Crippen LogP contribution is -2.45. The van der Waals surface area contributed by atoms with E-state index in [0.29, 0.717) is 18.4 Å². The highest BCUT2D eigenvalue weighted by molar-refractivity contribution is 6.21. The van der Waals surface area contributed by atoms with Crippen molar-refractivity contribution in [1.82, 2.24) is 10.6 Å².